The van der Waals surface area contributed by atoms with E-state index < -0.39 is 0 Å². The third-order valence-corrected chi connectivity index (χ3v) is 3.47. The molecule has 2 N–H and O–H groups in total. The van der Waals surface area contributed by atoms with Crippen molar-refractivity contribution in [3.05, 3.63) is 18.1 Å². The average molecular weight is 234 g/mol. The Morgan fingerprint density at radius 3 is 2.71 bits per heavy atom. The Balaban J connectivity index is 2.15. The van der Waals surface area contributed by atoms with Gasteiger partial charge in [0.05, 0.1) is 0 Å². The van der Waals surface area contributed by atoms with Crippen LogP contribution in [-0.4, -0.2) is 29.1 Å². The monoisotopic (exact) mass is 234 g/mol. The van der Waals surface area contributed by atoms with E-state index in [0.717, 1.165) is 18.1 Å². The van der Waals surface area contributed by atoms with Gasteiger partial charge in [-0.15, -0.1) is 0 Å². The fourth-order valence-corrected chi connectivity index (χ4v) is 2.61. The predicted octanol–water partition coefficient (Wildman–Crippen LogP) is 1.88. The minimum absolute atomic E-state index is 0.613. The summed E-state index contributed by atoms with van der Waals surface area (Å²) in [6, 6.07) is 2.67. The van der Waals surface area contributed by atoms with Gasteiger partial charge in [0.15, 0.2) is 0 Å². The number of aromatic nitrogens is 2. The Kier molecular flexibility index (Phi) is 4.31. The molecule has 1 aromatic heterocycles. The first-order chi connectivity index (χ1) is 8.31. The molecule has 1 saturated carbocycles. The van der Waals surface area contributed by atoms with Crippen molar-refractivity contribution in [3.8, 4) is 0 Å². The first kappa shape index (κ1) is 12.3. The second-order valence-electron chi connectivity index (χ2n) is 4.79. The fourth-order valence-electron chi connectivity index (χ4n) is 2.61. The van der Waals surface area contributed by atoms with Crippen LogP contribution < -0.4 is 10.6 Å². The molecule has 2 rings (SSSR count). The largest absolute Gasteiger partial charge is 0.352 e. The lowest BCUT2D eigenvalue weighted by Crippen LogP contribution is -2.40. The van der Waals surface area contributed by atoms with Gasteiger partial charge in [-0.3, -0.25) is 0 Å². The molecule has 0 amide bonds. The van der Waals surface area contributed by atoms with Crippen LogP contribution in [0.5, 0.6) is 0 Å². The Morgan fingerprint density at radius 2 is 2.06 bits per heavy atom. The number of hydrogen-bond donors (Lipinski definition) is 1. The minimum atomic E-state index is 0.613. The molecule has 1 fully saturated rings. The van der Waals surface area contributed by atoms with E-state index in [0.29, 0.717) is 12.6 Å². The normalized spacial score (nSPS) is 17.1. The summed E-state index contributed by atoms with van der Waals surface area (Å²) in [7, 11) is 0. The molecular weight excluding hydrogens is 212 g/mol. The van der Waals surface area contributed by atoms with E-state index in [1.807, 2.05) is 6.92 Å². The van der Waals surface area contributed by atoms with Crippen LogP contribution in [0.2, 0.25) is 0 Å². The van der Waals surface area contributed by atoms with Gasteiger partial charge in [0.1, 0.15) is 12.1 Å². The number of aryl methyl sites for hydroxylation is 1. The van der Waals surface area contributed by atoms with Gasteiger partial charge in [-0.25, -0.2) is 9.97 Å². The topological polar surface area (TPSA) is 55.0 Å². The van der Waals surface area contributed by atoms with Crippen LogP contribution in [0.15, 0.2) is 12.4 Å². The van der Waals surface area contributed by atoms with Crippen LogP contribution in [0.3, 0.4) is 0 Å². The summed E-state index contributed by atoms with van der Waals surface area (Å²) in [5, 5.41) is 0. The summed E-state index contributed by atoms with van der Waals surface area (Å²) in [6.45, 7) is 3.58. The Hall–Kier alpha value is -1.16. The lowest BCUT2D eigenvalue weighted by atomic mass is 9.94. The zero-order chi connectivity index (χ0) is 12.1. The van der Waals surface area contributed by atoms with Gasteiger partial charge >= 0.3 is 0 Å². The average Bonchev–Trinajstić information content (AvgIpc) is 2.37. The molecule has 94 valence electrons. The summed E-state index contributed by atoms with van der Waals surface area (Å²) in [6.07, 6.45) is 8.21. The second kappa shape index (κ2) is 5.96. The highest BCUT2D eigenvalue weighted by molar-refractivity contribution is 5.40. The lowest BCUT2D eigenvalue weighted by Gasteiger charge is -2.35. The van der Waals surface area contributed by atoms with Gasteiger partial charge in [0, 0.05) is 30.9 Å². The molecule has 4 nitrogen and oxygen atoms in total. The molecule has 0 radical (unpaired) electrons. The van der Waals surface area contributed by atoms with Gasteiger partial charge in [0.25, 0.3) is 0 Å². The van der Waals surface area contributed by atoms with Crippen LogP contribution in [0.1, 0.15) is 37.8 Å². The summed E-state index contributed by atoms with van der Waals surface area (Å²) >= 11 is 0. The third kappa shape index (κ3) is 3.16. The molecule has 0 bridgehead atoms. The molecule has 0 atom stereocenters. The van der Waals surface area contributed by atoms with E-state index in [9.17, 15) is 0 Å². The Morgan fingerprint density at radius 1 is 1.29 bits per heavy atom. The Labute approximate surface area is 103 Å². The van der Waals surface area contributed by atoms with Crippen LogP contribution >= 0.6 is 0 Å². The molecule has 0 aliphatic heterocycles. The second-order valence-corrected chi connectivity index (χ2v) is 4.79. The number of hydrogen-bond acceptors (Lipinski definition) is 4. The first-order valence-electron chi connectivity index (χ1n) is 6.56. The zero-order valence-corrected chi connectivity index (χ0v) is 10.6. The van der Waals surface area contributed by atoms with E-state index >= 15 is 0 Å². The van der Waals surface area contributed by atoms with Gasteiger partial charge in [-0.1, -0.05) is 19.3 Å². The van der Waals surface area contributed by atoms with E-state index in [-0.39, 0.29) is 0 Å². The van der Waals surface area contributed by atoms with E-state index in [4.69, 9.17) is 5.73 Å². The fraction of sp³-hybridized carbons (Fsp3) is 0.692. The van der Waals surface area contributed by atoms with Crippen LogP contribution in [0.4, 0.5) is 5.82 Å². The van der Waals surface area contributed by atoms with Crippen molar-refractivity contribution in [3.63, 3.8) is 0 Å². The molecular formula is C13H22N4. The SMILES string of the molecule is Cc1cc(N(CCN)C2CCCCC2)ncn1. The highest BCUT2D eigenvalue weighted by Gasteiger charge is 2.21. The number of anilines is 1. The van der Waals surface area contributed by atoms with Gasteiger partial charge in [0.2, 0.25) is 0 Å². The van der Waals surface area contributed by atoms with Crippen LogP contribution in [-0.2, 0) is 0 Å². The number of nitrogens with zero attached hydrogens (tertiary/aromatic N) is 3. The van der Waals surface area contributed by atoms with Crippen LogP contribution in [0.25, 0.3) is 0 Å². The van der Waals surface area contributed by atoms with Crippen molar-refractivity contribution in [2.45, 2.75) is 45.1 Å². The van der Waals surface area contributed by atoms with Gasteiger partial charge in [-0.05, 0) is 19.8 Å². The summed E-state index contributed by atoms with van der Waals surface area (Å²) in [5.41, 5.74) is 6.75. The quantitative estimate of drug-likeness (QED) is 0.864. The highest BCUT2D eigenvalue weighted by atomic mass is 15.2. The van der Waals surface area contributed by atoms with Crippen molar-refractivity contribution in [1.82, 2.24) is 9.97 Å². The van der Waals surface area contributed by atoms with E-state index in [1.165, 1.54) is 32.1 Å². The molecule has 17 heavy (non-hydrogen) atoms. The summed E-state index contributed by atoms with van der Waals surface area (Å²) in [4.78, 5) is 10.9. The first-order valence-corrected chi connectivity index (χ1v) is 6.56. The molecule has 0 aromatic carbocycles. The number of nitrogens with two attached hydrogens (primary N) is 1. The van der Waals surface area contributed by atoms with Crippen molar-refractivity contribution in [2.75, 3.05) is 18.0 Å². The Bertz CT molecular complexity index is 347. The van der Waals surface area contributed by atoms with Gasteiger partial charge in [-0.2, -0.15) is 0 Å². The standard InChI is InChI=1S/C13H22N4/c1-11-9-13(16-10-15-11)17(8-7-14)12-5-3-2-4-6-12/h9-10,12H,2-8,14H2,1H3. The third-order valence-electron chi connectivity index (χ3n) is 3.47. The van der Waals surface area contributed by atoms with E-state index in [1.54, 1.807) is 6.33 Å². The maximum atomic E-state index is 5.73. The molecule has 1 aliphatic rings. The summed E-state index contributed by atoms with van der Waals surface area (Å²) in [5.74, 6) is 1.04. The molecule has 1 heterocycles. The molecule has 1 aliphatic carbocycles. The zero-order valence-electron chi connectivity index (χ0n) is 10.6. The van der Waals surface area contributed by atoms with Crippen LogP contribution in [0, 0.1) is 6.92 Å². The maximum absolute atomic E-state index is 5.73. The predicted molar refractivity (Wildman–Crippen MR) is 70.0 cm³/mol. The number of rotatable bonds is 4. The minimum Gasteiger partial charge on any atom is -0.352 e. The molecule has 1 aromatic rings. The molecule has 4 heteroatoms. The molecule has 0 saturated heterocycles. The van der Waals surface area contributed by atoms with Crippen molar-refractivity contribution in [2.24, 2.45) is 5.73 Å². The smallest absolute Gasteiger partial charge is 0.132 e. The summed E-state index contributed by atoms with van der Waals surface area (Å²) < 4.78 is 0. The van der Waals surface area contributed by atoms with E-state index in [2.05, 4.69) is 20.9 Å². The van der Waals surface area contributed by atoms with Crippen molar-refractivity contribution in [1.29, 1.82) is 0 Å². The molecule has 0 unspecified atom stereocenters. The lowest BCUT2D eigenvalue weighted by molar-refractivity contribution is 0.414. The van der Waals surface area contributed by atoms with Crippen molar-refractivity contribution < 1.29 is 0 Å². The van der Waals surface area contributed by atoms with Gasteiger partial charge < -0.3 is 10.6 Å². The molecule has 0 spiro atoms. The maximum Gasteiger partial charge on any atom is 0.132 e. The highest BCUT2D eigenvalue weighted by Crippen LogP contribution is 2.25. The van der Waals surface area contributed by atoms with Crippen molar-refractivity contribution >= 4 is 5.82 Å².